The molecule has 334 valence electrons. The summed E-state index contributed by atoms with van der Waals surface area (Å²) in [5, 5.41) is 21.9. The Hall–Kier alpha value is -3.91. The van der Waals surface area contributed by atoms with Crippen LogP contribution in [0.5, 0.6) is 0 Å². The second kappa shape index (κ2) is 19.4. The maximum atomic E-state index is 13.2. The van der Waals surface area contributed by atoms with Gasteiger partial charge in [-0.25, -0.2) is 9.59 Å². The van der Waals surface area contributed by atoms with Crippen molar-refractivity contribution in [2.75, 3.05) is 26.3 Å². The Morgan fingerprint density at radius 3 is 1.52 bits per heavy atom. The molecule has 12 nitrogen and oxygen atoms in total. The van der Waals surface area contributed by atoms with Crippen molar-refractivity contribution < 1.29 is 33.1 Å². The zero-order chi connectivity index (χ0) is 45.6. The van der Waals surface area contributed by atoms with Gasteiger partial charge in [0.1, 0.15) is 11.2 Å². The average molecular weight is 866 g/mol. The minimum atomic E-state index is -1.93. The number of hydrogen-bond donors (Lipinski definition) is 2. The minimum absolute atomic E-state index is 0.0857. The zero-order valence-electron chi connectivity index (χ0n) is 39.5. The number of amidine groups is 1. The fourth-order valence-corrected chi connectivity index (χ4v) is 9.00. The zero-order valence-corrected chi connectivity index (χ0v) is 41.5. The smallest absolute Gasteiger partial charge is 0.410 e. The number of rotatable bonds is 11. The number of nitrogens with zero attached hydrogens (tertiary/aromatic N) is 4. The van der Waals surface area contributed by atoms with Crippen molar-refractivity contribution in [2.45, 2.75) is 168 Å². The van der Waals surface area contributed by atoms with Crippen LogP contribution < -0.4 is 5.73 Å². The van der Waals surface area contributed by atoms with Gasteiger partial charge in [0.05, 0.1) is 36.9 Å². The lowest BCUT2D eigenvalue weighted by molar-refractivity contribution is 0.0116. The van der Waals surface area contributed by atoms with Crippen LogP contribution in [0, 0.1) is 11.3 Å². The third-order valence-corrected chi connectivity index (χ3v) is 21.3. The molecule has 0 bridgehead atoms. The fraction of sp³-hybridized carbons (Fsp3) is 0.652. The van der Waals surface area contributed by atoms with Gasteiger partial charge in [0, 0.05) is 18.7 Å². The third-order valence-electron chi connectivity index (χ3n) is 12.2. The molecule has 0 saturated heterocycles. The summed E-state index contributed by atoms with van der Waals surface area (Å²) in [6.07, 6.45) is 2.42. The Bertz CT molecular complexity index is 1880. The lowest BCUT2D eigenvalue weighted by Gasteiger charge is -2.38. The Kier molecular flexibility index (Phi) is 16.3. The summed E-state index contributed by atoms with van der Waals surface area (Å²) in [5.74, 6) is 0.0857. The van der Waals surface area contributed by atoms with Gasteiger partial charge in [-0.1, -0.05) is 77.0 Å². The third kappa shape index (κ3) is 13.1. The lowest BCUT2D eigenvalue weighted by atomic mass is 10.0. The molecule has 3 N–H and O–H groups in total. The molecule has 2 aromatic rings. The normalized spacial score (nSPS) is 17.1. The number of hydrogen-bond acceptors (Lipinski definition) is 9. The number of nitrogens with two attached hydrogens (primary N) is 1. The first kappa shape index (κ1) is 50.4. The van der Waals surface area contributed by atoms with E-state index in [2.05, 4.69) is 79.0 Å². The highest BCUT2D eigenvalue weighted by molar-refractivity contribution is 6.74. The minimum Gasteiger partial charge on any atom is -0.444 e. The highest BCUT2D eigenvalue weighted by Crippen LogP contribution is 2.41. The number of nitriles is 1. The molecule has 4 rings (SSSR count). The molecule has 0 spiro atoms. The average Bonchev–Trinajstić information content (AvgIpc) is 3.74. The first-order valence-electron chi connectivity index (χ1n) is 21.3. The predicted octanol–water partition coefficient (Wildman–Crippen LogP) is 10.8. The molecule has 0 aromatic heterocycles. The summed E-state index contributed by atoms with van der Waals surface area (Å²) in [4.78, 5) is 29.8. The number of carbonyl (C=O) groups is 2. The SMILES string of the molecule is CC(C)(C)OC(=O)N(CCO[Si](C)(C)C(C)(C)C)[C@H]1CCc2c(/C(N)=N\O)cccc21.CC(C)(C)OC(=O)N(CCO[Si](C)(C)C(C)(C)C)[C@H]1CCc2c(C#N)cccc21. The van der Waals surface area contributed by atoms with Crippen LogP contribution in [0.2, 0.25) is 36.3 Å². The summed E-state index contributed by atoms with van der Waals surface area (Å²) in [5.41, 5.74) is 10.3. The molecule has 0 unspecified atom stereocenters. The van der Waals surface area contributed by atoms with Crippen LogP contribution in [0.15, 0.2) is 41.6 Å². The summed E-state index contributed by atoms with van der Waals surface area (Å²) >= 11 is 0. The summed E-state index contributed by atoms with van der Waals surface area (Å²) < 4.78 is 24.1. The van der Waals surface area contributed by atoms with Crippen LogP contribution in [0.1, 0.15) is 141 Å². The maximum Gasteiger partial charge on any atom is 0.410 e. The number of amides is 2. The van der Waals surface area contributed by atoms with Crippen molar-refractivity contribution in [1.29, 1.82) is 5.26 Å². The summed E-state index contributed by atoms with van der Waals surface area (Å²) in [6, 6.07) is 13.6. The van der Waals surface area contributed by atoms with E-state index in [1.165, 1.54) is 0 Å². The molecular weight excluding hydrogens is 791 g/mol. The highest BCUT2D eigenvalue weighted by atomic mass is 28.4. The Morgan fingerprint density at radius 1 is 0.733 bits per heavy atom. The second-order valence-electron chi connectivity index (χ2n) is 21.0. The van der Waals surface area contributed by atoms with E-state index < -0.39 is 27.8 Å². The molecule has 2 amide bonds. The van der Waals surface area contributed by atoms with Crippen LogP contribution in [0.4, 0.5) is 9.59 Å². The van der Waals surface area contributed by atoms with Gasteiger partial charge in [0.25, 0.3) is 0 Å². The number of benzene rings is 2. The van der Waals surface area contributed by atoms with Gasteiger partial charge in [-0.05, 0) is 132 Å². The molecule has 2 aliphatic carbocycles. The van der Waals surface area contributed by atoms with E-state index in [9.17, 15) is 14.9 Å². The van der Waals surface area contributed by atoms with Gasteiger partial charge in [-0.3, -0.25) is 9.80 Å². The highest BCUT2D eigenvalue weighted by Gasteiger charge is 2.41. The monoisotopic (exact) mass is 866 g/mol. The van der Waals surface area contributed by atoms with Crippen LogP contribution >= 0.6 is 0 Å². The summed E-state index contributed by atoms with van der Waals surface area (Å²) in [6.45, 7) is 35.2. The predicted molar refractivity (Wildman–Crippen MR) is 244 cm³/mol. The van der Waals surface area contributed by atoms with Crippen molar-refractivity contribution in [1.82, 2.24) is 9.80 Å². The molecule has 0 heterocycles. The first-order chi connectivity index (χ1) is 27.4. The number of fused-ring (bicyclic) bond motifs is 2. The van der Waals surface area contributed by atoms with Gasteiger partial charge >= 0.3 is 12.2 Å². The number of ether oxygens (including phenoxy) is 2. The van der Waals surface area contributed by atoms with Crippen molar-refractivity contribution >= 4 is 34.7 Å². The van der Waals surface area contributed by atoms with Crippen molar-refractivity contribution in [3.05, 3.63) is 69.8 Å². The second-order valence-corrected chi connectivity index (χ2v) is 30.6. The van der Waals surface area contributed by atoms with E-state index in [-0.39, 0.29) is 40.2 Å². The number of carbonyl (C=O) groups excluding carboxylic acids is 2. The standard InChI is InChI=1S/C23H39N3O4Si.C23H36N2O3Si/c1-22(2,3)30-21(27)26(14-15-29-31(7,8)23(4,5)6)19-13-12-16-17(19)10-9-11-18(16)20(24)25-28;1-22(2,3)28-21(26)25(14-15-27-29(7,8)23(4,5)6)20-13-12-18-17(16-24)10-9-11-19(18)20/h9-11,19,28H,12-15H2,1-8H3,(H2,24,25);9-11,20H,12-15H2,1-8H3/t19-;20-/m00/s1. The molecule has 0 radical (unpaired) electrons. The Morgan fingerprint density at radius 2 is 1.13 bits per heavy atom. The van der Waals surface area contributed by atoms with E-state index in [1.807, 2.05) is 77.9 Å². The van der Waals surface area contributed by atoms with Crippen molar-refractivity contribution in [3.63, 3.8) is 0 Å². The van der Waals surface area contributed by atoms with E-state index in [1.54, 1.807) is 9.80 Å². The van der Waals surface area contributed by atoms with E-state index in [0.29, 0.717) is 37.4 Å². The quantitative estimate of drug-likeness (QED) is 0.0737. The topological polar surface area (TPSA) is 160 Å². The number of oxime groups is 1. The van der Waals surface area contributed by atoms with Crippen LogP contribution in [0.25, 0.3) is 0 Å². The van der Waals surface area contributed by atoms with Gasteiger partial charge < -0.3 is 29.3 Å². The molecule has 2 aromatic carbocycles. The molecule has 60 heavy (non-hydrogen) atoms. The largest absolute Gasteiger partial charge is 0.444 e. The molecular formula is C46H75N5O7Si2. The maximum absolute atomic E-state index is 13.2. The fourth-order valence-electron chi connectivity index (χ4n) is 6.93. The molecule has 0 aliphatic heterocycles. The van der Waals surface area contributed by atoms with E-state index in [4.69, 9.17) is 29.3 Å². The first-order valence-corrected chi connectivity index (χ1v) is 27.1. The van der Waals surface area contributed by atoms with Gasteiger partial charge in [-0.2, -0.15) is 5.26 Å². The molecule has 0 saturated carbocycles. The van der Waals surface area contributed by atoms with Gasteiger partial charge in [0.2, 0.25) is 0 Å². The van der Waals surface area contributed by atoms with Crippen molar-refractivity contribution in [2.24, 2.45) is 10.9 Å². The summed E-state index contributed by atoms with van der Waals surface area (Å²) in [7, 11) is -3.83. The van der Waals surface area contributed by atoms with Crippen LogP contribution in [0.3, 0.4) is 0 Å². The van der Waals surface area contributed by atoms with Gasteiger partial charge in [0.15, 0.2) is 22.5 Å². The lowest BCUT2D eigenvalue weighted by Crippen LogP contribution is -2.45. The Labute approximate surface area is 363 Å². The molecule has 0 fully saturated rings. The van der Waals surface area contributed by atoms with E-state index in [0.717, 1.165) is 47.9 Å². The molecule has 14 heteroatoms. The molecule has 2 aliphatic rings. The van der Waals surface area contributed by atoms with E-state index >= 15 is 0 Å². The Balaban J connectivity index is 0.000000321. The van der Waals surface area contributed by atoms with Crippen molar-refractivity contribution in [3.8, 4) is 6.07 Å². The van der Waals surface area contributed by atoms with Crippen LogP contribution in [-0.2, 0) is 31.2 Å². The molecule has 2 atom stereocenters. The van der Waals surface area contributed by atoms with Gasteiger partial charge in [-0.15, -0.1) is 0 Å². The van der Waals surface area contributed by atoms with Crippen LogP contribution in [-0.4, -0.2) is 87.2 Å².